The fraction of sp³-hybridized carbons (Fsp3) is 0.200. The normalized spacial score (nSPS) is 11.6. The number of allylic oxidation sites excluding steroid dienone is 3. The van der Waals surface area contributed by atoms with Crippen LogP contribution in [0.4, 0.5) is 11.4 Å². The van der Waals surface area contributed by atoms with E-state index in [0.29, 0.717) is 23.7 Å². The molecule has 0 fully saturated rings. The van der Waals surface area contributed by atoms with Gasteiger partial charge in [0.1, 0.15) is 5.75 Å². The summed E-state index contributed by atoms with van der Waals surface area (Å²) in [4.78, 5) is 0. The summed E-state index contributed by atoms with van der Waals surface area (Å²) in [6.07, 6.45) is 7.10. The lowest BCUT2D eigenvalue weighted by molar-refractivity contribution is 0.417. The van der Waals surface area contributed by atoms with Gasteiger partial charge in [0, 0.05) is 18.3 Å². The van der Waals surface area contributed by atoms with Crippen molar-refractivity contribution >= 4 is 11.4 Å². The van der Waals surface area contributed by atoms with Gasteiger partial charge in [0.15, 0.2) is 0 Å². The molecule has 0 heterocycles. The lowest BCUT2D eigenvalue weighted by Crippen LogP contribution is -2.22. The van der Waals surface area contributed by atoms with Crippen LogP contribution in [0.25, 0.3) is 0 Å². The number of rotatable bonds is 7. The molecular weight excluding hydrogens is 252 g/mol. The molecule has 5 nitrogen and oxygen atoms in total. The van der Waals surface area contributed by atoms with Crippen LogP contribution < -0.4 is 27.1 Å². The van der Waals surface area contributed by atoms with Crippen LogP contribution in [0.2, 0.25) is 0 Å². The number of hydrazine groups is 1. The van der Waals surface area contributed by atoms with E-state index in [1.807, 2.05) is 31.2 Å². The molecule has 1 rings (SSSR count). The van der Waals surface area contributed by atoms with E-state index in [4.69, 9.17) is 16.2 Å². The average Bonchev–Trinajstić information content (AvgIpc) is 2.41. The molecule has 6 N–H and O–H groups in total. The lowest BCUT2D eigenvalue weighted by atomic mass is 10.1. The minimum Gasteiger partial charge on any atom is -0.495 e. The second-order valence-corrected chi connectivity index (χ2v) is 4.22. The molecule has 0 saturated heterocycles. The molecule has 0 amide bonds. The van der Waals surface area contributed by atoms with Crippen molar-refractivity contribution in [3.05, 3.63) is 54.3 Å². The van der Waals surface area contributed by atoms with E-state index in [0.717, 1.165) is 11.3 Å². The fourth-order valence-corrected chi connectivity index (χ4v) is 1.61. The Hall–Kier alpha value is -2.40. The number of hydrogen-bond donors (Lipinski definition) is 4. The first kappa shape index (κ1) is 15.7. The fourth-order valence-electron chi connectivity index (χ4n) is 1.61. The number of ether oxygens (including phenoxy) is 1. The highest BCUT2D eigenvalue weighted by Crippen LogP contribution is 2.28. The third-order valence-corrected chi connectivity index (χ3v) is 2.64. The highest BCUT2D eigenvalue weighted by molar-refractivity contribution is 5.65. The molecule has 5 heteroatoms. The van der Waals surface area contributed by atoms with Crippen LogP contribution in [0.15, 0.2) is 48.7 Å². The number of nitrogens with two attached hydrogens (primary N) is 2. The van der Waals surface area contributed by atoms with Crippen LogP contribution >= 0.6 is 0 Å². The van der Waals surface area contributed by atoms with Gasteiger partial charge in [0.25, 0.3) is 0 Å². The summed E-state index contributed by atoms with van der Waals surface area (Å²) in [5.74, 6) is 0.647. The SMILES string of the molecule is C=C/C=C(N)\C=C/CNNc1cc(OC)c(N)cc1C. The van der Waals surface area contributed by atoms with Gasteiger partial charge in [-0.15, -0.1) is 0 Å². The predicted molar refractivity (Wildman–Crippen MR) is 85.4 cm³/mol. The van der Waals surface area contributed by atoms with Gasteiger partial charge in [0.2, 0.25) is 0 Å². The average molecular weight is 274 g/mol. The molecule has 0 spiro atoms. The molecular formula is C15H22N4O. The van der Waals surface area contributed by atoms with Crippen LogP contribution in [0, 0.1) is 6.92 Å². The van der Waals surface area contributed by atoms with Crippen molar-refractivity contribution in [2.45, 2.75) is 6.92 Å². The Morgan fingerprint density at radius 2 is 2.20 bits per heavy atom. The zero-order chi connectivity index (χ0) is 15.0. The quantitative estimate of drug-likeness (QED) is 0.265. The summed E-state index contributed by atoms with van der Waals surface area (Å²) in [6.45, 7) is 6.17. The van der Waals surface area contributed by atoms with E-state index >= 15 is 0 Å². The van der Waals surface area contributed by atoms with Gasteiger partial charge in [-0.2, -0.15) is 0 Å². The second kappa shape index (κ2) is 7.91. The monoisotopic (exact) mass is 274 g/mol. The number of anilines is 2. The van der Waals surface area contributed by atoms with Crippen molar-refractivity contribution in [2.24, 2.45) is 5.73 Å². The van der Waals surface area contributed by atoms with Gasteiger partial charge < -0.3 is 21.6 Å². The smallest absolute Gasteiger partial charge is 0.143 e. The zero-order valence-electron chi connectivity index (χ0n) is 11.9. The Morgan fingerprint density at radius 3 is 2.85 bits per heavy atom. The van der Waals surface area contributed by atoms with Gasteiger partial charge in [-0.25, -0.2) is 5.43 Å². The van der Waals surface area contributed by atoms with Crippen molar-refractivity contribution in [2.75, 3.05) is 24.8 Å². The summed E-state index contributed by atoms with van der Waals surface area (Å²) in [6, 6.07) is 3.72. The molecule has 0 atom stereocenters. The van der Waals surface area contributed by atoms with Gasteiger partial charge in [-0.1, -0.05) is 18.7 Å². The molecule has 0 aromatic heterocycles. The summed E-state index contributed by atoms with van der Waals surface area (Å²) in [5.41, 5.74) is 20.9. The van der Waals surface area contributed by atoms with Crippen molar-refractivity contribution in [1.29, 1.82) is 0 Å². The summed E-state index contributed by atoms with van der Waals surface area (Å²) >= 11 is 0. The first-order chi connectivity index (χ1) is 9.58. The predicted octanol–water partition coefficient (Wildman–Crippen LogP) is 2.09. The van der Waals surface area contributed by atoms with Crippen LogP contribution in [0.3, 0.4) is 0 Å². The van der Waals surface area contributed by atoms with Crippen LogP contribution in [-0.2, 0) is 0 Å². The van der Waals surface area contributed by atoms with E-state index < -0.39 is 0 Å². The number of aryl methyl sites for hydroxylation is 1. The third-order valence-electron chi connectivity index (χ3n) is 2.64. The maximum Gasteiger partial charge on any atom is 0.143 e. The van der Waals surface area contributed by atoms with E-state index in [1.165, 1.54) is 0 Å². The highest BCUT2D eigenvalue weighted by Gasteiger charge is 2.04. The molecule has 0 radical (unpaired) electrons. The topological polar surface area (TPSA) is 85.3 Å². The molecule has 0 saturated carbocycles. The third kappa shape index (κ3) is 4.70. The first-order valence-corrected chi connectivity index (χ1v) is 6.26. The van der Waals surface area contributed by atoms with E-state index in [-0.39, 0.29) is 0 Å². The molecule has 0 bridgehead atoms. The first-order valence-electron chi connectivity index (χ1n) is 6.26. The minimum absolute atomic E-state index is 0.623. The Bertz CT molecular complexity index is 521. The van der Waals surface area contributed by atoms with Gasteiger partial charge >= 0.3 is 0 Å². The second-order valence-electron chi connectivity index (χ2n) is 4.22. The molecule has 20 heavy (non-hydrogen) atoms. The summed E-state index contributed by atoms with van der Waals surface area (Å²) in [5, 5.41) is 0. The van der Waals surface area contributed by atoms with Crippen molar-refractivity contribution in [1.82, 2.24) is 5.43 Å². The van der Waals surface area contributed by atoms with Crippen LogP contribution in [-0.4, -0.2) is 13.7 Å². The molecule has 0 unspecified atom stereocenters. The van der Waals surface area contributed by atoms with E-state index in [1.54, 1.807) is 19.3 Å². The van der Waals surface area contributed by atoms with Gasteiger partial charge in [-0.3, -0.25) is 0 Å². The van der Waals surface area contributed by atoms with E-state index in [2.05, 4.69) is 17.4 Å². The Morgan fingerprint density at radius 1 is 1.45 bits per heavy atom. The lowest BCUT2D eigenvalue weighted by Gasteiger charge is -2.13. The zero-order valence-corrected chi connectivity index (χ0v) is 11.9. The maximum atomic E-state index is 5.83. The number of benzene rings is 1. The Labute approximate surface area is 120 Å². The largest absolute Gasteiger partial charge is 0.495 e. The number of nitrogens with one attached hydrogen (secondary N) is 2. The highest BCUT2D eigenvalue weighted by atomic mass is 16.5. The summed E-state index contributed by atoms with van der Waals surface area (Å²) < 4.78 is 5.19. The van der Waals surface area contributed by atoms with Crippen LogP contribution in [0.5, 0.6) is 5.75 Å². The minimum atomic E-state index is 0.623. The number of methoxy groups -OCH3 is 1. The van der Waals surface area contributed by atoms with Crippen molar-refractivity contribution in [3.63, 3.8) is 0 Å². The van der Waals surface area contributed by atoms with Gasteiger partial charge in [0.05, 0.1) is 18.5 Å². The molecule has 1 aromatic rings. The van der Waals surface area contributed by atoms with Crippen LogP contribution in [0.1, 0.15) is 5.56 Å². The molecule has 108 valence electrons. The standard InChI is InChI=1S/C15H22N4O/c1-4-6-12(16)7-5-8-18-19-14-10-15(20-3)13(17)9-11(14)2/h4-7,9-10,18-19H,1,8,16-17H2,2-3H3/b7-5-,12-6+. The van der Waals surface area contributed by atoms with Gasteiger partial charge in [-0.05, 0) is 30.7 Å². The Kier molecular flexibility index (Phi) is 6.19. The van der Waals surface area contributed by atoms with E-state index in [9.17, 15) is 0 Å². The molecule has 1 aromatic carbocycles. The number of hydrogen-bond acceptors (Lipinski definition) is 5. The number of nitrogen functional groups attached to an aromatic ring is 1. The maximum absolute atomic E-state index is 5.83. The summed E-state index contributed by atoms with van der Waals surface area (Å²) in [7, 11) is 1.59. The Balaban J connectivity index is 2.54. The molecule has 0 aliphatic heterocycles. The molecule has 0 aliphatic rings. The van der Waals surface area contributed by atoms with Crippen molar-refractivity contribution < 1.29 is 4.74 Å². The van der Waals surface area contributed by atoms with Crippen molar-refractivity contribution in [3.8, 4) is 5.75 Å². The molecule has 0 aliphatic carbocycles.